The number of rotatable bonds is 11. The van der Waals surface area contributed by atoms with Crippen LogP contribution in [0.2, 0.25) is 0 Å². The van der Waals surface area contributed by atoms with Gasteiger partial charge in [0.1, 0.15) is 0 Å². The highest BCUT2D eigenvalue weighted by atomic mass is 19.3. The number of carbonyl (C=O) groups excluding carboxylic acids is 1. The summed E-state index contributed by atoms with van der Waals surface area (Å²) in [6.07, 6.45) is 8.14. The van der Waals surface area contributed by atoms with Crippen molar-refractivity contribution in [2.24, 2.45) is 5.92 Å². The van der Waals surface area contributed by atoms with E-state index in [0.29, 0.717) is 37.8 Å². The summed E-state index contributed by atoms with van der Waals surface area (Å²) < 4.78 is 38.8. The molecule has 1 unspecified atom stereocenters. The van der Waals surface area contributed by atoms with Gasteiger partial charge in [0.2, 0.25) is 0 Å². The molecule has 4 aromatic rings. The Hall–Kier alpha value is -4.47. The number of carbonyl (C=O) groups is 1. The molecule has 6 rings (SSSR count). The first kappa shape index (κ1) is 25.8. The minimum Gasteiger partial charge on any atom is -0.489 e. The van der Waals surface area contributed by atoms with E-state index in [1.807, 2.05) is 53.3 Å². The maximum Gasteiger partial charge on any atom is 0.387 e. The quantitative estimate of drug-likeness (QED) is 0.262. The number of pyridine rings is 1. The normalized spacial score (nSPS) is 15.8. The van der Waals surface area contributed by atoms with Gasteiger partial charge in [0.25, 0.3) is 0 Å². The van der Waals surface area contributed by atoms with Crippen LogP contribution < -0.4 is 19.7 Å². The second-order valence-electron chi connectivity index (χ2n) is 10.0. The van der Waals surface area contributed by atoms with Crippen molar-refractivity contribution in [1.29, 1.82) is 0 Å². The van der Waals surface area contributed by atoms with Crippen LogP contribution in [0.25, 0.3) is 11.3 Å². The second kappa shape index (κ2) is 11.3. The maximum absolute atomic E-state index is 13.1. The van der Waals surface area contributed by atoms with Gasteiger partial charge in [0.05, 0.1) is 18.3 Å². The Balaban J connectivity index is 1.33. The summed E-state index contributed by atoms with van der Waals surface area (Å²) in [5.74, 6) is 0.770. The van der Waals surface area contributed by atoms with Crippen molar-refractivity contribution < 1.29 is 23.0 Å². The Kier molecular flexibility index (Phi) is 7.31. The lowest BCUT2D eigenvalue weighted by molar-refractivity contribution is -0.0515. The molecule has 2 aromatic carbocycles. The molecule has 40 heavy (non-hydrogen) atoms. The van der Waals surface area contributed by atoms with Crippen LogP contribution in [0.3, 0.4) is 0 Å². The van der Waals surface area contributed by atoms with Crippen LogP contribution in [0.4, 0.5) is 19.3 Å². The molecule has 1 N–H and O–H groups in total. The van der Waals surface area contributed by atoms with E-state index in [2.05, 4.69) is 10.3 Å². The van der Waals surface area contributed by atoms with E-state index in [4.69, 9.17) is 14.6 Å². The van der Waals surface area contributed by atoms with Gasteiger partial charge in [0, 0.05) is 42.9 Å². The molecule has 2 aliphatic rings. The van der Waals surface area contributed by atoms with E-state index in [1.54, 1.807) is 29.4 Å². The first-order valence-corrected chi connectivity index (χ1v) is 13.3. The third kappa shape index (κ3) is 5.90. The largest absolute Gasteiger partial charge is 0.489 e. The summed E-state index contributed by atoms with van der Waals surface area (Å²) in [5, 5.41) is 7.74. The van der Waals surface area contributed by atoms with Gasteiger partial charge in [-0.1, -0.05) is 18.2 Å². The van der Waals surface area contributed by atoms with Gasteiger partial charge in [-0.2, -0.15) is 13.9 Å². The fourth-order valence-corrected chi connectivity index (χ4v) is 4.85. The number of amides is 2. The molecule has 0 radical (unpaired) electrons. The van der Waals surface area contributed by atoms with Gasteiger partial charge in [-0.15, -0.1) is 0 Å². The van der Waals surface area contributed by atoms with Crippen molar-refractivity contribution in [3.05, 3.63) is 90.4 Å². The van der Waals surface area contributed by atoms with Crippen LogP contribution in [-0.2, 0) is 6.42 Å². The van der Waals surface area contributed by atoms with Gasteiger partial charge < -0.3 is 14.8 Å². The van der Waals surface area contributed by atoms with Crippen molar-refractivity contribution in [3.8, 4) is 22.8 Å². The highest BCUT2D eigenvalue weighted by Gasteiger charge is 2.25. The standard InChI is InChI=1S/C30H29F2N5O3/c31-29(32)40-27-7-6-23(18-28(27)39-19-21-4-5-21)26(16-20-8-11-33-12-9-20)37-14-10-25(35-37)22-2-1-3-24(17-22)36-15-13-34-30(36)38/h1-3,6-12,14,17-18,21,26,29H,4-5,13,15-16,19H2,(H,34,38). The number of alkyl halides is 2. The minimum absolute atomic E-state index is 0.0194. The number of nitrogens with one attached hydrogen (secondary N) is 1. The van der Waals surface area contributed by atoms with Gasteiger partial charge >= 0.3 is 12.6 Å². The molecule has 2 aromatic heterocycles. The van der Waals surface area contributed by atoms with E-state index in [1.165, 1.54) is 6.07 Å². The van der Waals surface area contributed by atoms with E-state index in [-0.39, 0.29) is 17.8 Å². The third-order valence-corrected chi connectivity index (χ3v) is 7.16. The molecule has 2 fully saturated rings. The fourth-order valence-electron chi connectivity index (χ4n) is 4.85. The zero-order valence-electron chi connectivity index (χ0n) is 21.7. The van der Waals surface area contributed by atoms with Crippen molar-refractivity contribution in [2.75, 3.05) is 24.6 Å². The molecule has 1 saturated carbocycles. The Labute approximate surface area is 230 Å². The van der Waals surface area contributed by atoms with Crippen LogP contribution in [0.15, 0.2) is 79.3 Å². The molecule has 8 nitrogen and oxygen atoms in total. The summed E-state index contributed by atoms with van der Waals surface area (Å²) in [6.45, 7) is -1.25. The molecule has 10 heteroatoms. The molecule has 0 bridgehead atoms. The fraction of sp³-hybridized carbons (Fsp3) is 0.300. The Morgan fingerprint density at radius 2 is 1.88 bits per heavy atom. The molecular weight excluding hydrogens is 516 g/mol. The van der Waals surface area contributed by atoms with Crippen LogP contribution in [-0.4, -0.2) is 47.1 Å². The Morgan fingerprint density at radius 3 is 2.62 bits per heavy atom. The SMILES string of the molecule is O=C1NCCN1c1cccc(-c2ccn(C(Cc3ccncc3)c3ccc(OC(F)F)c(OCC4CC4)c3)n2)c1. The molecule has 3 heterocycles. The van der Waals surface area contributed by atoms with Gasteiger partial charge in [-0.25, -0.2) is 4.79 Å². The molecule has 1 saturated heterocycles. The summed E-state index contributed by atoms with van der Waals surface area (Å²) in [4.78, 5) is 18.0. The summed E-state index contributed by atoms with van der Waals surface area (Å²) in [5.41, 5.74) is 4.34. The Bertz CT molecular complexity index is 1480. The predicted molar refractivity (Wildman–Crippen MR) is 146 cm³/mol. The number of hydrogen-bond acceptors (Lipinski definition) is 5. The summed E-state index contributed by atoms with van der Waals surface area (Å²) in [6, 6.07) is 18.3. The number of nitrogens with zero attached hydrogens (tertiary/aromatic N) is 4. The summed E-state index contributed by atoms with van der Waals surface area (Å²) >= 11 is 0. The molecular formula is C30H29F2N5O3. The Morgan fingerprint density at radius 1 is 1.02 bits per heavy atom. The monoisotopic (exact) mass is 545 g/mol. The lowest BCUT2D eigenvalue weighted by Crippen LogP contribution is -2.27. The first-order chi connectivity index (χ1) is 19.5. The topological polar surface area (TPSA) is 81.5 Å². The number of hydrogen-bond donors (Lipinski definition) is 1. The van der Waals surface area contributed by atoms with Crippen LogP contribution in [0.5, 0.6) is 11.5 Å². The number of aromatic nitrogens is 3. The van der Waals surface area contributed by atoms with Gasteiger partial charge in [-0.05, 0) is 78.8 Å². The van der Waals surface area contributed by atoms with Crippen molar-refractivity contribution >= 4 is 11.7 Å². The lowest BCUT2D eigenvalue weighted by Gasteiger charge is -2.21. The average molecular weight is 546 g/mol. The molecule has 0 spiro atoms. The van der Waals surface area contributed by atoms with Crippen LogP contribution in [0.1, 0.15) is 30.0 Å². The maximum atomic E-state index is 13.1. The van der Waals surface area contributed by atoms with Crippen LogP contribution in [0, 0.1) is 5.92 Å². The average Bonchev–Trinajstić information content (AvgIpc) is 3.48. The molecule has 1 aliphatic heterocycles. The molecule has 1 aliphatic carbocycles. The summed E-state index contributed by atoms with van der Waals surface area (Å²) in [7, 11) is 0. The number of urea groups is 1. The smallest absolute Gasteiger partial charge is 0.387 e. The zero-order chi connectivity index (χ0) is 27.5. The second-order valence-corrected chi connectivity index (χ2v) is 10.0. The highest BCUT2D eigenvalue weighted by Crippen LogP contribution is 2.37. The van der Waals surface area contributed by atoms with Crippen molar-refractivity contribution in [1.82, 2.24) is 20.1 Å². The predicted octanol–water partition coefficient (Wildman–Crippen LogP) is 5.70. The van der Waals surface area contributed by atoms with E-state index in [0.717, 1.165) is 40.9 Å². The van der Waals surface area contributed by atoms with E-state index < -0.39 is 6.61 Å². The number of ether oxygens (including phenoxy) is 2. The highest BCUT2D eigenvalue weighted by molar-refractivity contribution is 5.94. The first-order valence-electron chi connectivity index (χ1n) is 13.3. The van der Waals surface area contributed by atoms with Gasteiger partial charge in [0.15, 0.2) is 11.5 Å². The third-order valence-electron chi connectivity index (χ3n) is 7.16. The van der Waals surface area contributed by atoms with Crippen molar-refractivity contribution in [3.63, 3.8) is 0 Å². The molecule has 2 amide bonds. The number of halogens is 2. The molecule has 206 valence electrons. The lowest BCUT2D eigenvalue weighted by atomic mass is 9.99. The minimum atomic E-state index is -2.95. The van der Waals surface area contributed by atoms with E-state index >= 15 is 0 Å². The van der Waals surface area contributed by atoms with Crippen LogP contribution >= 0.6 is 0 Å². The van der Waals surface area contributed by atoms with Gasteiger partial charge in [-0.3, -0.25) is 14.6 Å². The number of anilines is 1. The zero-order valence-corrected chi connectivity index (χ0v) is 21.7. The van der Waals surface area contributed by atoms with E-state index in [9.17, 15) is 13.6 Å². The van der Waals surface area contributed by atoms with Crippen molar-refractivity contribution in [2.45, 2.75) is 31.9 Å². The number of benzene rings is 2. The molecule has 1 atom stereocenters.